The van der Waals surface area contributed by atoms with Crippen molar-refractivity contribution in [2.45, 2.75) is 49.2 Å². The largest absolute Gasteiger partial charge is 0.387 e. The fourth-order valence-corrected chi connectivity index (χ4v) is 5.22. The van der Waals surface area contributed by atoms with Gasteiger partial charge in [0.2, 0.25) is 5.91 Å². The zero-order valence-corrected chi connectivity index (χ0v) is 12.4. The summed E-state index contributed by atoms with van der Waals surface area (Å²) < 4.78 is 0. The van der Waals surface area contributed by atoms with Gasteiger partial charge in [0.1, 0.15) is 0 Å². The summed E-state index contributed by atoms with van der Waals surface area (Å²) in [6.07, 6.45) is 4.77. The second-order valence-corrected chi connectivity index (χ2v) is 7.05. The Labute approximate surface area is 124 Å². The van der Waals surface area contributed by atoms with Crippen LogP contribution in [-0.4, -0.2) is 41.1 Å². The van der Waals surface area contributed by atoms with Crippen molar-refractivity contribution in [3.8, 4) is 0 Å². The highest BCUT2D eigenvalue weighted by Crippen LogP contribution is 2.59. The van der Waals surface area contributed by atoms with E-state index in [1.54, 1.807) is 0 Å². The molecule has 0 unspecified atom stereocenters. The standard InChI is InChI=1S/C17H22N2O2/c1-19-8-7-16-5-2-6-17(16,21)14(19)10-11-3-4-12(15(18)20)9-13(11)16/h3-4,9,14,21H,2,5-8,10H2,1H3,(H2,18,20)/t14-,16+,17-/m1/s1. The van der Waals surface area contributed by atoms with Crippen LogP contribution in [-0.2, 0) is 11.8 Å². The van der Waals surface area contributed by atoms with Crippen LogP contribution < -0.4 is 5.73 Å². The summed E-state index contributed by atoms with van der Waals surface area (Å²) in [4.78, 5) is 13.8. The molecule has 0 aromatic heterocycles. The second-order valence-electron chi connectivity index (χ2n) is 7.05. The molecule has 1 heterocycles. The molecule has 1 amide bonds. The average molecular weight is 286 g/mol. The minimum atomic E-state index is -0.650. The molecule has 1 saturated carbocycles. The fraction of sp³-hybridized carbons (Fsp3) is 0.588. The van der Waals surface area contributed by atoms with Crippen molar-refractivity contribution in [2.24, 2.45) is 5.73 Å². The SMILES string of the molecule is CN1CC[C@]23CCC[C@@]2(O)[C@H]1Cc1ccc(C(N)=O)cc13. The zero-order chi connectivity index (χ0) is 14.8. The van der Waals surface area contributed by atoms with Crippen molar-refractivity contribution in [1.29, 1.82) is 0 Å². The average Bonchev–Trinajstić information content (AvgIpc) is 2.82. The summed E-state index contributed by atoms with van der Waals surface area (Å²) in [5, 5.41) is 11.5. The topological polar surface area (TPSA) is 66.6 Å². The van der Waals surface area contributed by atoms with Gasteiger partial charge in [-0.1, -0.05) is 6.07 Å². The molecule has 1 saturated heterocycles. The molecule has 0 spiro atoms. The summed E-state index contributed by atoms with van der Waals surface area (Å²) in [6, 6.07) is 6.02. The number of carbonyl (C=O) groups excluding carboxylic acids is 1. The molecule has 3 atom stereocenters. The van der Waals surface area contributed by atoms with Crippen LogP contribution >= 0.6 is 0 Å². The number of hydrogen-bond donors (Lipinski definition) is 2. The number of nitrogens with zero attached hydrogens (tertiary/aromatic N) is 1. The Morgan fingerprint density at radius 2 is 2.19 bits per heavy atom. The number of piperidine rings is 1. The van der Waals surface area contributed by atoms with Gasteiger partial charge in [-0.3, -0.25) is 4.79 Å². The van der Waals surface area contributed by atoms with Crippen LogP contribution in [0.5, 0.6) is 0 Å². The van der Waals surface area contributed by atoms with E-state index in [-0.39, 0.29) is 17.4 Å². The normalized spacial score (nSPS) is 37.9. The van der Waals surface area contributed by atoms with Crippen LogP contribution in [0.1, 0.15) is 47.2 Å². The Balaban J connectivity index is 1.95. The van der Waals surface area contributed by atoms with E-state index in [0.29, 0.717) is 5.56 Å². The minimum Gasteiger partial charge on any atom is -0.387 e. The van der Waals surface area contributed by atoms with Crippen molar-refractivity contribution in [3.63, 3.8) is 0 Å². The van der Waals surface area contributed by atoms with Gasteiger partial charge in [0, 0.05) is 17.0 Å². The number of amides is 1. The van der Waals surface area contributed by atoms with Crippen LogP contribution in [0.15, 0.2) is 18.2 Å². The van der Waals surface area contributed by atoms with Crippen molar-refractivity contribution in [2.75, 3.05) is 13.6 Å². The first-order valence-corrected chi connectivity index (χ1v) is 7.84. The van der Waals surface area contributed by atoms with Crippen LogP contribution in [0.4, 0.5) is 0 Å². The van der Waals surface area contributed by atoms with Gasteiger partial charge in [0.25, 0.3) is 0 Å². The number of nitrogens with two attached hydrogens (primary N) is 1. The lowest BCUT2D eigenvalue weighted by Gasteiger charge is -2.58. The van der Waals surface area contributed by atoms with Crippen LogP contribution in [0.3, 0.4) is 0 Å². The van der Waals surface area contributed by atoms with E-state index in [9.17, 15) is 9.90 Å². The molecular formula is C17H22N2O2. The Bertz CT molecular complexity index is 629. The molecule has 4 rings (SSSR count). The number of primary amides is 1. The van der Waals surface area contributed by atoms with E-state index in [0.717, 1.165) is 38.6 Å². The lowest BCUT2D eigenvalue weighted by atomic mass is 9.56. The molecular weight excluding hydrogens is 264 g/mol. The maximum atomic E-state index is 11.5. The summed E-state index contributed by atoms with van der Waals surface area (Å²) in [7, 11) is 2.12. The third-order valence-electron chi connectivity index (χ3n) is 6.29. The number of rotatable bonds is 1. The van der Waals surface area contributed by atoms with Gasteiger partial charge in [0.05, 0.1) is 5.60 Å². The monoisotopic (exact) mass is 286 g/mol. The number of carbonyl (C=O) groups is 1. The number of benzene rings is 1. The Morgan fingerprint density at radius 3 is 2.95 bits per heavy atom. The van der Waals surface area contributed by atoms with Gasteiger partial charge in [-0.25, -0.2) is 0 Å². The van der Waals surface area contributed by atoms with Gasteiger partial charge < -0.3 is 15.7 Å². The van der Waals surface area contributed by atoms with Crippen LogP contribution in [0.25, 0.3) is 0 Å². The molecule has 3 N–H and O–H groups in total. The molecule has 112 valence electrons. The number of fused-ring (bicyclic) bond motifs is 1. The van der Waals surface area contributed by atoms with Crippen molar-refractivity contribution in [1.82, 2.24) is 4.90 Å². The smallest absolute Gasteiger partial charge is 0.248 e. The van der Waals surface area contributed by atoms with E-state index >= 15 is 0 Å². The molecule has 21 heavy (non-hydrogen) atoms. The van der Waals surface area contributed by atoms with Crippen LogP contribution in [0, 0.1) is 0 Å². The number of likely N-dealkylation sites (tertiary alicyclic amines) is 1. The zero-order valence-electron chi connectivity index (χ0n) is 12.4. The van der Waals surface area contributed by atoms with Gasteiger partial charge in [0.15, 0.2) is 0 Å². The van der Waals surface area contributed by atoms with Crippen LogP contribution in [0.2, 0.25) is 0 Å². The van der Waals surface area contributed by atoms with Crippen molar-refractivity contribution >= 4 is 5.91 Å². The summed E-state index contributed by atoms with van der Waals surface area (Å²) in [5.74, 6) is -0.384. The fourth-order valence-electron chi connectivity index (χ4n) is 5.22. The number of likely N-dealkylation sites (N-methyl/N-ethyl adjacent to an activating group) is 1. The molecule has 4 heteroatoms. The van der Waals surface area contributed by atoms with Crippen molar-refractivity contribution in [3.05, 3.63) is 34.9 Å². The van der Waals surface area contributed by atoms with Crippen molar-refractivity contribution < 1.29 is 9.90 Å². The molecule has 3 aliphatic rings. The highest BCUT2D eigenvalue weighted by molar-refractivity contribution is 5.93. The van der Waals surface area contributed by atoms with Gasteiger partial charge >= 0.3 is 0 Å². The molecule has 2 bridgehead atoms. The lowest BCUT2D eigenvalue weighted by Crippen LogP contribution is -2.68. The van der Waals surface area contributed by atoms with E-state index in [1.807, 2.05) is 18.2 Å². The first kappa shape index (κ1) is 13.3. The van der Waals surface area contributed by atoms with Gasteiger partial charge in [-0.05, 0) is 69.0 Å². The predicted octanol–water partition coefficient (Wildman–Crippen LogP) is 1.20. The second kappa shape index (κ2) is 4.08. The summed E-state index contributed by atoms with van der Waals surface area (Å²) >= 11 is 0. The van der Waals surface area contributed by atoms with E-state index in [2.05, 4.69) is 11.9 Å². The summed E-state index contributed by atoms with van der Waals surface area (Å²) in [6.45, 7) is 1.01. The molecule has 1 aromatic rings. The summed E-state index contributed by atoms with van der Waals surface area (Å²) in [5.41, 5.74) is 7.66. The van der Waals surface area contributed by atoms with Gasteiger partial charge in [-0.2, -0.15) is 0 Å². The Morgan fingerprint density at radius 1 is 1.38 bits per heavy atom. The number of hydrogen-bond acceptors (Lipinski definition) is 3. The number of aliphatic hydroxyl groups is 1. The highest BCUT2D eigenvalue weighted by Gasteiger charge is 2.64. The van der Waals surface area contributed by atoms with E-state index < -0.39 is 5.60 Å². The molecule has 4 nitrogen and oxygen atoms in total. The first-order chi connectivity index (χ1) is 9.98. The third-order valence-corrected chi connectivity index (χ3v) is 6.29. The Kier molecular flexibility index (Phi) is 2.58. The lowest BCUT2D eigenvalue weighted by molar-refractivity contribution is -0.123. The Hall–Kier alpha value is -1.39. The first-order valence-electron chi connectivity index (χ1n) is 7.84. The predicted molar refractivity (Wildman–Crippen MR) is 80.2 cm³/mol. The molecule has 2 fully saturated rings. The van der Waals surface area contributed by atoms with E-state index in [4.69, 9.17) is 5.73 Å². The maximum Gasteiger partial charge on any atom is 0.248 e. The third kappa shape index (κ3) is 1.49. The molecule has 1 aliphatic heterocycles. The minimum absolute atomic E-state index is 0.177. The molecule has 1 aromatic carbocycles. The van der Waals surface area contributed by atoms with Gasteiger partial charge in [-0.15, -0.1) is 0 Å². The van der Waals surface area contributed by atoms with E-state index in [1.165, 1.54) is 11.1 Å². The molecule has 0 radical (unpaired) electrons. The quantitative estimate of drug-likeness (QED) is 0.815. The maximum absolute atomic E-state index is 11.5. The highest BCUT2D eigenvalue weighted by atomic mass is 16.3. The molecule has 2 aliphatic carbocycles.